The zero-order chi connectivity index (χ0) is 13.8. The summed E-state index contributed by atoms with van der Waals surface area (Å²) in [4.78, 5) is 27.3. The number of amides is 1. The van der Waals surface area contributed by atoms with E-state index in [0.717, 1.165) is 16.5 Å². The smallest absolute Gasteiger partial charge is 0.325 e. The van der Waals surface area contributed by atoms with E-state index in [0.29, 0.717) is 5.56 Å². The Hall–Kier alpha value is -2.43. The van der Waals surface area contributed by atoms with Gasteiger partial charge in [0.15, 0.2) is 0 Å². The SMILES string of the molecule is COC(=O)CNC(=O)c1ccnc2ccc(C)cc12. The van der Waals surface area contributed by atoms with Crippen molar-refractivity contribution >= 4 is 22.8 Å². The van der Waals surface area contributed by atoms with Gasteiger partial charge in [0, 0.05) is 11.6 Å². The van der Waals surface area contributed by atoms with Crippen LogP contribution in [0.4, 0.5) is 0 Å². The molecule has 1 amide bonds. The van der Waals surface area contributed by atoms with Crippen LogP contribution in [0.15, 0.2) is 30.5 Å². The molecule has 0 radical (unpaired) electrons. The zero-order valence-corrected chi connectivity index (χ0v) is 10.8. The number of esters is 1. The third-order valence-electron chi connectivity index (χ3n) is 2.76. The monoisotopic (exact) mass is 258 g/mol. The minimum Gasteiger partial charge on any atom is -0.468 e. The van der Waals surface area contributed by atoms with Gasteiger partial charge < -0.3 is 10.1 Å². The minimum absolute atomic E-state index is 0.148. The van der Waals surface area contributed by atoms with Crippen LogP contribution in [0, 0.1) is 6.92 Å². The Morgan fingerprint density at radius 2 is 2.11 bits per heavy atom. The molecule has 5 heteroatoms. The van der Waals surface area contributed by atoms with E-state index in [2.05, 4.69) is 15.0 Å². The Bertz CT molecular complexity index is 638. The largest absolute Gasteiger partial charge is 0.468 e. The van der Waals surface area contributed by atoms with Crippen molar-refractivity contribution in [1.82, 2.24) is 10.3 Å². The molecule has 0 spiro atoms. The highest BCUT2D eigenvalue weighted by atomic mass is 16.5. The number of aromatic nitrogens is 1. The maximum atomic E-state index is 12.0. The van der Waals surface area contributed by atoms with Crippen LogP contribution in [-0.2, 0) is 9.53 Å². The maximum absolute atomic E-state index is 12.0. The van der Waals surface area contributed by atoms with Gasteiger partial charge in [0.25, 0.3) is 5.91 Å². The molecule has 0 fully saturated rings. The molecule has 1 aromatic heterocycles. The molecule has 0 saturated carbocycles. The van der Waals surface area contributed by atoms with Crippen molar-refractivity contribution in [2.75, 3.05) is 13.7 Å². The first kappa shape index (κ1) is 13.0. The minimum atomic E-state index is -0.483. The van der Waals surface area contributed by atoms with E-state index in [1.165, 1.54) is 7.11 Å². The first-order valence-corrected chi connectivity index (χ1v) is 5.82. The van der Waals surface area contributed by atoms with Crippen LogP contribution in [0.25, 0.3) is 10.9 Å². The number of pyridine rings is 1. The van der Waals surface area contributed by atoms with Gasteiger partial charge in [0.2, 0.25) is 0 Å². The van der Waals surface area contributed by atoms with Crippen molar-refractivity contribution < 1.29 is 14.3 Å². The number of hydrogen-bond donors (Lipinski definition) is 1. The average molecular weight is 258 g/mol. The van der Waals surface area contributed by atoms with Crippen molar-refractivity contribution in [1.29, 1.82) is 0 Å². The highest BCUT2D eigenvalue weighted by molar-refractivity contribution is 6.06. The molecular formula is C14H14N2O3. The highest BCUT2D eigenvalue weighted by Crippen LogP contribution is 2.18. The van der Waals surface area contributed by atoms with Crippen LogP contribution in [0.3, 0.4) is 0 Å². The molecule has 0 aliphatic heterocycles. The lowest BCUT2D eigenvalue weighted by Crippen LogP contribution is -2.30. The second-order valence-electron chi connectivity index (χ2n) is 4.14. The van der Waals surface area contributed by atoms with E-state index in [1.807, 2.05) is 25.1 Å². The zero-order valence-electron chi connectivity index (χ0n) is 10.8. The molecule has 0 bridgehead atoms. The van der Waals surface area contributed by atoms with Crippen molar-refractivity contribution in [3.05, 3.63) is 41.6 Å². The lowest BCUT2D eigenvalue weighted by atomic mass is 10.1. The predicted molar refractivity (Wildman–Crippen MR) is 70.8 cm³/mol. The Kier molecular flexibility index (Phi) is 3.75. The van der Waals surface area contributed by atoms with Crippen LogP contribution >= 0.6 is 0 Å². The van der Waals surface area contributed by atoms with Crippen molar-refractivity contribution in [3.63, 3.8) is 0 Å². The Labute approximate surface area is 110 Å². The number of fused-ring (bicyclic) bond motifs is 1. The number of hydrogen-bond acceptors (Lipinski definition) is 4. The first-order chi connectivity index (χ1) is 9.11. The van der Waals surface area contributed by atoms with Crippen LogP contribution in [0.5, 0.6) is 0 Å². The van der Waals surface area contributed by atoms with Crippen LogP contribution in [-0.4, -0.2) is 30.5 Å². The summed E-state index contributed by atoms with van der Waals surface area (Å²) in [7, 11) is 1.28. The van der Waals surface area contributed by atoms with Gasteiger partial charge in [-0.05, 0) is 25.1 Å². The summed E-state index contributed by atoms with van der Waals surface area (Å²) in [5, 5.41) is 3.29. The highest BCUT2D eigenvalue weighted by Gasteiger charge is 2.11. The third-order valence-corrected chi connectivity index (χ3v) is 2.76. The molecule has 0 atom stereocenters. The molecule has 1 heterocycles. The first-order valence-electron chi connectivity index (χ1n) is 5.82. The standard InChI is InChI=1S/C14H14N2O3/c1-9-3-4-12-11(7-9)10(5-6-15-12)14(18)16-8-13(17)19-2/h3-7H,8H2,1-2H3,(H,16,18). The molecule has 1 N–H and O–H groups in total. The van der Waals surface area contributed by atoms with Gasteiger partial charge in [-0.15, -0.1) is 0 Å². The molecule has 0 aliphatic carbocycles. The summed E-state index contributed by atoms with van der Waals surface area (Å²) in [6.45, 7) is 1.80. The van der Waals surface area contributed by atoms with Gasteiger partial charge in [-0.1, -0.05) is 11.6 Å². The van der Waals surface area contributed by atoms with Crippen LogP contribution in [0.1, 0.15) is 15.9 Å². The molecule has 19 heavy (non-hydrogen) atoms. The van der Waals surface area contributed by atoms with E-state index >= 15 is 0 Å². The fourth-order valence-corrected chi connectivity index (χ4v) is 1.78. The number of nitrogens with one attached hydrogen (secondary N) is 1. The number of aryl methyl sites for hydroxylation is 1. The predicted octanol–water partition coefficient (Wildman–Crippen LogP) is 1.45. The topological polar surface area (TPSA) is 68.3 Å². The summed E-state index contributed by atoms with van der Waals surface area (Å²) in [6, 6.07) is 7.33. The van der Waals surface area contributed by atoms with Crippen molar-refractivity contribution in [2.24, 2.45) is 0 Å². The molecular weight excluding hydrogens is 244 g/mol. The molecule has 0 saturated heterocycles. The number of ether oxygens (including phenoxy) is 1. The van der Waals surface area contributed by atoms with Crippen LogP contribution < -0.4 is 5.32 Å². The average Bonchev–Trinajstić information content (AvgIpc) is 2.43. The molecule has 1 aromatic carbocycles. The number of carbonyl (C=O) groups excluding carboxylic acids is 2. The second kappa shape index (κ2) is 5.48. The van der Waals surface area contributed by atoms with Crippen molar-refractivity contribution in [2.45, 2.75) is 6.92 Å². The number of benzene rings is 1. The van der Waals surface area contributed by atoms with E-state index in [4.69, 9.17) is 0 Å². The van der Waals surface area contributed by atoms with E-state index in [1.54, 1.807) is 12.3 Å². The maximum Gasteiger partial charge on any atom is 0.325 e. The fraction of sp³-hybridized carbons (Fsp3) is 0.214. The lowest BCUT2D eigenvalue weighted by Gasteiger charge is -2.07. The summed E-state index contributed by atoms with van der Waals surface area (Å²) >= 11 is 0. The number of carbonyl (C=O) groups is 2. The Morgan fingerprint density at radius 3 is 2.84 bits per heavy atom. The number of rotatable bonds is 3. The van der Waals surface area contributed by atoms with Crippen molar-refractivity contribution in [3.8, 4) is 0 Å². The second-order valence-corrected chi connectivity index (χ2v) is 4.14. The molecule has 2 rings (SSSR count). The van der Waals surface area contributed by atoms with Gasteiger partial charge in [-0.25, -0.2) is 0 Å². The third kappa shape index (κ3) is 2.88. The van der Waals surface area contributed by atoms with Crippen LogP contribution in [0.2, 0.25) is 0 Å². The number of nitrogens with zero attached hydrogens (tertiary/aromatic N) is 1. The normalized spacial score (nSPS) is 10.2. The molecule has 2 aromatic rings. The molecule has 98 valence electrons. The Balaban J connectivity index is 2.31. The quantitative estimate of drug-likeness (QED) is 0.846. The number of methoxy groups -OCH3 is 1. The van der Waals surface area contributed by atoms with Gasteiger partial charge in [0.05, 0.1) is 18.2 Å². The fourth-order valence-electron chi connectivity index (χ4n) is 1.78. The molecule has 0 unspecified atom stereocenters. The van der Waals surface area contributed by atoms with E-state index < -0.39 is 5.97 Å². The summed E-state index contributed by atoms with van der Waals surface area (Å²) in [6.07, 6.45) is 1.57. The lowest BCUT2D eigenvalue weighted by molar-refractivity contribution is -0.139. The van der Waals surface area contributed by atoms with E-state index in [9.17, 15) is 9.59 Å². The summed E-state index contributed by atoms with van der Waals surface area (Å²) in [5.41, 5.74) is 2.29. The van der Waals surface area contributed by atoms with Gasteiger partial charge in [-0.3, -0.25) is 14.6 Å². The van der Waals surface area contributed by atoms with Gasteiger partial charge in [-0.2, -0.15) is 0 Å². The van der Waals surface area contributed by atoms with Gasteiger partial charge in [0.1, 0.15) is 6.54 Å². The molecule has 5 nitrogen and oxygen atoms in total. The van der Waals surface area contributed by atoms with Gasteiger partial charge >= 0.3 is 5.97 Å². The molecule has 0 aliphatic rings. The van der Waals surface area contributed by atoms with E-state index in [-0.39, 0.29) is 12.5 Å². The Morgan fingerprint density at radius 1 is 1.32 bits per heavy atom. The summed E-state index contributed by atoms with van der Waals surface area (Å²) < 4.78 is 4.48. The summed E-state index contributed by atoms with van der Waals surface area (Å²) in [5.74, 6) is -0.800.